The smallest absolute Gasteiger partial charge is 0.412 e. The van der Waals surface area contributed by atoms with Crippen molar-refractivity contribution in [1.82, 2.24) is 5.32 Å². The highest BCUT2D eigenvalue weighted by Crippen LogP contribution is 2.23. The minimum Gasteiger partial charge on any atom is -0.508 e. The molecule has 182 valence electrons. The molecule has 2 rings (SSSR count). The number of phenols is 2. The number of amides is 1. The highest BCUT2D eigenvalue weighted by Gasteiger charge is 2.18. The highest BCUT2D eigenvalue weighted by molar-refractivity contribution is 5.85. The van der Waals surface area contributed by atoms with Crippen LogP contribution in [0, 0.1) is 5.82 Å². The summed E-state index contributed by atoms with van der Waals surface area (Å²) in [4.78, 5) is 11.8. The number of carbonyl (C=O) groups is 1. The maximum absolute atomic E-state index is 14.5. The predicted molar refractivity (Wildman–Crippen MR) is 131 cm³/mol. The topological polar surface area (TPSA) is 90.8 Å². The molecule has 0 unspecified atom stereocenters. The van der Waals surface area contributed by atoms with E-state index in [1.165, 1.54) is 18.2 Å². The molecule has 7 heteroatoms. The Kier molecular flexibility index (Phi) is 16.5. The third-order valence-corrected chi connectivity index (χ3v) is 3.41. The standard InChI is InChI=1S/C19H23FN2O4.3C2H6/c1-19(2,3)26-18(25)22-15-6-4-5-13(17(15)20)11-21-10-12-7-8-14(23)9-16(12)24;3*1-2/h4-9,21,23-24H,10-11H2,1-3H3,(H,22,25);3*1-2H3. The molecule has 4 N–H and O–H groups in total. The number of ether oxygens (including phenoxy) is 1. The Balaban J connectivity index is 0. The van der Waals surface area contributed by atoms with Crippen LogP contribution in [0.5, 0.6) is 11.5 Å². The number of halogens is 1. The normalized spacial score (nSPS) is 9.69. The second kappa shape index (κ2) is 16.8. The van der Waals surface area contributed by atoms with Gasteiger partial charge >= 0.3 is 6.09 Å². The van der Waals surface area contributed by atoms with Crippen LogP contribution in [0.15, 0.2) is 36.4 Å². The first-order valence-electron chi connectivity index (χ1n) is 11.1. The first-order valence-corrected chi connectivity index (χ1v) is 11.1. The van der Waals surface area contributed by atoms with Crippen molar-refractivity contribution >= 4 is 11.8 Å². The van der Waals surface area contributed by atoms with E-state index < -0.39 is 17.5 Å². The van der Waals surface area contributed by atoms with Crippen LogP contribution in [0.1, 0.15) is 73.4 Å². The molecule has 2 aromatic carbocycles. The third kappa shape index (κ3) is 12.2. The minimum absolute atomic E-state index is 0.0294. The Labute approximate surface area is 192 Å². The molecule has 0 saturated heterocycles. The van der Waals surface area contributed by atoms with Crippen LogP contribution in [-0.4, -0.2) is 21.9 Å². The van der Waals surface area contributed by atoms with E-state index >= 15 is 0 Å². The summed E-state index contributed by atoms with van der Waals surface area (Å²) in [5.41, 5.74) is 0.292. The Morgan fingerprint density at radius 1 is 0.938 bits per heavy atom. The lowest BCUT2D eigenvalue weighted by molar-refractivity contribution is 0.0635. The Morgan fingerprint density at radius 2 is 1.50 bits per heavy atom. The molecule has 0 heterocycles. The summed E-state index contributed by atoms with van der Waals surface area (Å²) < 4.78 is 19.6. The summed E-state index contributed by atoms with van der Waals surface area (Å²) in [5.74, 6) is -0.627. The molecular weight excluding hydrogens is 411 g/mol. The van der Waals surface area contributed by atoms with Crippen LogP contribution in [0.25, 0.3) is 0 Å². The maximum Gasteiger partial charge on any atom is 0.412 e. The van der Waals surface area contributed by atoms with Crippen molar-refractivity contribution in [2.45, 2.75) is 81.0 Å². The Bertz CT molecular complexity index is 790. The van der Waals surface area contributed by atoms with Gasteiger partial charge in [-0.15, -0.1) is 0 Å². The number of phenolic OH excluding ortho intramolecular Hbond substituents is 2. The van der Waals surface area contributed by atoms with Crippen molar-refractivity contribution in [2.24, 2.45) is 0 Å². The second-order valence-electron chi connectivity index (χ2n) is 6.82. The average molecular weight is 453 g/mol. The summed E-state index contributed by atoms with van der Waals surface area (Å²) in [6.45, 7) is 17.7. The van der Waals surface area contributed by atoms with Crippen molar-refractivity contribution in [3.8, 4) is 11.5 Å². The van der Waals surface area contributed by atoms with Gasteiger partial charge in [-0.2, -0.15) is 0 Å². The summed E-state index contributed by atoms with van der Waals surface area (Å²) >= 11 is 0. The molecule has 0 aromatic heterocycles. The third-order valence-electron chi connectivity index (χ3n) is 3.41. The molecule has 0 radical (unpaired) electrons. The lowest BCUT2D eigenvalue weighted by Gasteiger charge is -2.20. The van der Waals surface area contributed by atoms with Gasteiger partial charge in [-0.05, 0) is 32.9 Å². The van der Waals surface area contributed by atoms with Gasteiger partial charge in [0.1, 0.15) is 17.1 Å². The van der Waals surface area contributed by atoms with Crippen LogP contribution < -0.4 is 10.6 Å². The van der Waals surface area contributed by atoms with Gasteiger partial charge in [-0.25, -0.2) is 9.18 Å². The fraction of sp³-hybridized carbons (Fsp3) is 0.480. The number of rotatable bonds is 5. The van der Waals surface area contributed by atoms with Gasteiger partial charge < -0.3 is 20.3 Å². The molecule has 0 atom stereocenters. The van der Waals surface area contributed by atoms with Crippen LogP contribution in [-0.2, 0) is 17.8 Å². The van der Waals surface area contributed by atoms with Crippen LogP contribution in [0.3, 0.4) is 0 Å². The molecule has 0 bridgehead atoms. The molecular formula is C25H41FN2O4. The summed E-state index contributed by atoms with van der Waals surface area (Å²) in [6.07, 6.45) is -0.726. The molecule has 0 saturated carbocycles. The first-order chi connectivity index (χ1) is 15.2. The zero-order valence-electron chi connectivity index (χ0n) is 21.0. The Hall–Kier alpha value is -2.80. The molecule has 0 spiro atoms. The molecule has 0 aliphatic carbocycles. The van der Waals surface area contributed by atoms with Crippen LogP contribution >= 0.6 is 0 Å². The average Bonchev–Trinajstić information content (AvgIpc) is 2.75. The number of aromatic hydroxyl groups is 2. The number of hydrogen-bond donors (Lipinski definition) is 4. The van der Waals surface area contributed by atoms with Crippen molar-refractivity contribution in [1.29, 1.82) is 0 Å². The van der Waals surface area contributed by atoms with Crippen molar-refractivity contribution < 1.29 is 24.1 Å². The quantitative estimate of drug-likeness (QED) is 0.394. The number of anilines is 1. The first kappa shape index (κ1) is 31.4. The number of carbonyl (C=O) groups excluding carboxylic acids is 1. The van der Waals surface area contributed by atoms with E-state index in [2.05, 4.69) is 10.6 Å². The van der Waals surface area contributed by atoms with E-state index in [-0.39, 0.29) is 30.3 Å². The number of hydrogen-bond acceptors (Lipinski definition) is 5. The molecule has 2 aromatic rings. The summed E-state index contributed by atoms with van der Waals surface area (Å²) in [6, 6.07) is 8.96. The van der Waals surface area contributed by atoms with Crippen molar-refractivity contribution in [3.05, 3.63) is 53.3 Å². The van der Waals surface area contributed by atoms with Crippen molar-refractivity contribution in [3.63, 3.8) is 0 Å². The largest absolute Gasteiger partial charge is 0.508 e. The van der Waals surface area contributed by atoms with Crippen molar-refractivity contribution in [2.75, 3.05) is 5.32 Å². The summed E-state index contributed by atoms with van der Waals surface area (Å²) in [5, 5.41) is 24.4. The fourth-order valence-electron chi connectivity index (χ4n) is 2.26. The Morgan fingerprint density at radius 3 is 2.03 bits per heavy atom. The van der Waals surface area contributed by atoms with Gasteiger partial charge in [0.15, 0.2) is 5.82 Å². The second-order valence-corrected chi connectivity index (χ2v) is 6.82. The van der Waals surface area contributed by atoms with Gasteiger partial charge in [-0.3, -0.25) is 5.32 Å². The lowest BCUT2D eigenvalue weighted by Crippen LogP contribution is -2.27. The monoisotopic (exact) mass is 452 g/mol. The number of nitrogens with one attached hydrogen (secondary N) is 2. The molecule has 0 aliphatic heterocycles. The van der Waals surface area contributed by atoms with Gasteiger partial charge in [0.05, 0.1) is 5.69 Å². The zero-order valence-corrected chi connectivity index (χ0v) is 21.0. The molecule has 0 aliphatic rings. The van der Waals surface area contributed by atoms with E-state index in [9.17, 15) is 19.4 Å². The molecule has 32 heavy (non-hydrogen) atoms. The highest BCUT2D eigenvalue weighted by atomic mass is 19.1. The van der Waals surface area contributed by atoms with E-state index in [1.54, 1.807) is 39.0 Å². The van der Waals surface area contributed by atoms with Gasteiger partial charge in [0.2, 0.25) is 0 Å². The zero-order chi connectivity index (χ0) is 25.3. The fourth-order valence-corrected chi connectivity index (χ4v) is 2.26. The molecule has 1 amide bonds. The minimum atomic E-state index is -0.726. The van der Waals surface area contributed by atoms with Gasteiger partial charge in [-0.1, -0.05) is 59.7 Å². The predicted octanol–water partition coefficient (Wildman–Crippen LogP) is 6.95. The maximum atomic E-state index is 14.5. The number of benzene rings is 2. The molecule has 0 fully saturated rings. The SMILES string of the molecule is CC.CC.CC.CC(C)(C)OC(=O)Nc1cccc(CNCc2ccc(O)cc2O)c1F. The lowest BCUT2D eigenvalue weighted by atomic mass is 10.1. The van der Waals surface area contributed by atoms with Gasteiger partial charge in [0.25, 0.3) is 0 Å². The van der Waals surface area contributed by atoms with E-state index in [0.717, 1.165) is 0 Å². The van der Waals surface area contributed by atoms with E-state index in [4.69, 9.17) is 4.74 Å². The van der Waals surface area contributed by atoms with E-state index in [0.29, 0.717) is 11.1 Å². The molecule has 6 nitrogen and oxygen atoms in total. The van der Waals surface area contributed by atoms with Crippen LogP contribution in [0.2, 0.25) is 0 Å². The van der Waals surface area contributed by atoms with E-state index in [1.807, 2.05) is 41.5 Å². The summed E-state index contributed by atoms with van der Waals surface area (Å²) in [7, 11) is 0. The van der Waals surface area contributed by atoms with Gasteiger partial charge in [0, 0.05) is 30.3 Å². The van der Waals surface area contributed by atoms with Crippen LogP contribution in [0.4, 0.5) is 14.9 Å².